The molecule has 0 fully saturated rings. The van der Waals surface area contributed by atoms with Crippen LogP contribution in [0.25, 0.3) is 33.5 Å². The van der Waals surface area contributed by atoms with Crippen LogP contribution in [0, 0.1) is 5.41 Å². The molecule has 0 radical (unpaired) electrons. The SMILES string of the molecule is N=C(N)c1ccc(-c2ccc3nc(-c4ccc(C(N)=[NH2+])cc4)[nH]c3c2)cc1. The first-order valence-electron chi connectivity index (χ1n) is 8.44. The minimum absolute atomic E-state index is 0.0650. The zero-order valence-electron chi connectivity index (χ0n) is 14.5. The number of nitrogens with one attached hydrogen (secondary N) is 2. The zero-order chi connectivity index (χ0) is 19.0. The number of hydrogen-bond acceptors (Lipinski definition) is 2. The van der Waals surface area contributed by atoms with Crippen molar-refractivity contribution in [2.45, 2.75) is 0 Å². The number of nitrogens with zero attached hydrogens (tertiary/aromatic N) is 1. The Labute approximate surface area is 155 Å². The number of aromatic amines is 1. The maximum atomic E-state index is 7.49. The van der Waals surface area contributed by atoms with Gasteiger partial charge in [-0.1, -0.05) is 42.5 Å². The summed E-state index contributed by atoms with van der Waals surface area (Å²) in [6.07, 6.45) is 0. The van der Waals surface area contributed by atoms with Crippen molar-refractivity contribution in [2.75, 3.05) is 0 Å². The van der Waals surface area contributed by atoms with Gasteiger partial charge in [0.2, 0.25) is 0 Å². The Hall–Kier alpha value is -3.93. The molecular formula is C21H19N6+. The van der Waals surface area contributed by atoms with Crippen molar-refractivity contribution >= 4 is 22.7 Å². The van der Waals surface area contributed by atoms with E-state index < -0.39 is 0 Å². The predicted octanol–water partition coefficient (Wildman–Crippen LogP) is 1.65. The lowest BCUT2D eigenvalue weighted by atomic mass is 10.0. The summed E-state index contributed by atoms with van der Waals surface area (Å²) in [4.78, 5) is 8.03. The summed E-state index contributed by atoms with van der Waals surface area (Å²) in [6, 6.07) is 21.3. The van der Waals surface area contributed by atoms with Crippen molar-refractivity contribution in [2.24, 2.45) is 11.5 Å². The number of nitrogen functional groups attached to an aromatic ring is 1. The highest BCUT2D eigenvalue weighted by Crippen LogP contribution is 2.26. The summed E-state index contributed by atoms with van der Waals surface area (Å²) in [5.74, 6) is 1.15. The molecule has 132 valence electrons. The number of imidazole rings is 1. The average molecular weight is 355 g/mol. The molecule has 6 nitrogen and oxygen atoms in total. The fraction of sp³-hybridized carbons (Fsp3) is 0. The van der Waals surface area contributed by atoms with Crippen LogP contribution in [-0.4, -0.2) is 21.6 Å². The molecule has 0 aliphatic heterocycles. The van der Waals surface area contributed by atoms with Crippen LogP contribution >= 0.6 is 0 Å². The van der Waals surface area contributed by atoms with Gasteiger partial charge in [0.05, 0.1) is 16.6 Å². The van der Waals surface area contributed by atoms with E-state index in [-0.39, 0.29) is 5.84 Å². The van der Waals surface area contributed by atoms with Crippen LogP contribution in [0.15, 0.2) is 66.7 Å². The summed E-state index contributed by atoms with van der Waals surface area (Å²) in [6.45, 7) is 0. The first-order valence-corrected chi connectivity index (χ1v) is 8.44. The predicted molar refractivity (Wildman–Crippen MR) is 108 cm³/mol. The van der Waals surface area contributed by atoms with Crippen molar-refractivity contribution in [1.82, 2.24) is 9.97 Å². The van der Waals surface area contributed by atoms with Gasteiger partial charge in [0.1, 0.15) is 11.7 Å². The van der Waals surface area contributed by atoms with Gasteiger partial charge in [0.25, 0.3) is 5.84 Å². The molecule has 0 unspecified atom stereocenters. The molecule has 0 saturated carbocycles. The first kappa shape index (κ1) is 16.5. The second-order valence-corrected chi connectivity index (χ2v) is 6.34. The standard InChI is InChI=1S/C21H18N6/c22-19(23)13-3-1-12(2-4-13)16-9-10-17-18(11-16)27-21(26-17)15-7-5-14(6-8-15)20(24)25/h1-11H,(H3,22,23)(H3,24,25)(H,26,27)/p+1. The number of aromatic nitrogens is 2. The number of fused-ring (bicyclic) bond motifs is 1. The Morgan fingerprint density at radius 2 is 1.41 bits per heavy atom. The van der Waals surface area contributed by atoms with E-state index in [1.165, 1.54) is 0 Å². The first-order chi connectivity index (χ1) is 13.0. The number of rotatable bonds is 4. The monoisotopic (exact) mass is 355 g/mol. The molecule has 1 heterocycles. The van der Waals surface area contributed by atoms with Gasteiger partial charge in [-0.05, 0) is 35.4 Å². The maximum Gasteiger partial charge on any atom is 0.270 e. The second-order valence-electron chi connectivity index (χ2n) is 6.34. The number of hydrogen-bond donors (Lipinski definition) is 5. The van der Waals surface area contributed by atoms with E-state index in [9.17, 15) is 0 Å². The van der Waals surface area contributed by atoms with Crippen molar-refractivity contribution in [1.29, 1.82) is 5.41 Å². The molecule has 0 amide bonds. The van der Waals surface area contributed by atoms with E-state index in [0.29, 0.717) is 11.4 Å². The Bertz CT molecular complexity index is 1100. The molecule has 0 spiro atoms. The Morgan fingerprint density at radius 1 is 0.815 bits per heavy atom. The molecule has 0 bridgehead atoms. The van der Waals surface area contributed by atoms with Crippen molar-refractivity contribution < 1.29 is 5.41 Å². The van der Waals surface area contributed by atoms with Gasteiger partial charge in [-0.25, -0.2) is 4.98 Å². The molecule has 0 aliphatic carbocycles. The van der Waals surface area contributed by atoms with Gasteiger partial charge < -0.3 is 10.7 Å². The quantitative estimate of drug-likeness (QED) is 0.282. The summed E-state index contributed by atoms with van der Waals surface area (Å²) in [5, 5.41) is 13.1. The highest BCUT2D eigenvalue weighted by Gasteiger charge is 2.09. The normalized spacial score (nSPS) is 10.8. The smallest absolute Gasteiger partial charge is 0.270 e. The van der Waals surface area contributed by atoms with Crippen molar-refractivity contribution in [3.63, 3.8) is 0 Å². The van der Waals surface area contributed by atoms with Gasteiger partial charge in [-0.15, -0.1) is 0 Å². The number of H-pyrrole nitrogens is 1. The molecule has 0 aliphatic rings. The summed E-state index contributed by atoms with van der Waals surface area (Å²) >= 11 is 0. The van der Waals surface area contributed by atoms with Gasteiger partial charge >= 0.3 is 0 Å². The lowest BCUT2D eigenvalue weighted by Crippen LogP contribution is -2.46. The third-order valence-electron chi connectivity index (χ3n) is 4.50. The third kappa shape index (κ3) is 3.16. The highest BCUT2D eigenvalue weighted by molar-refractivity contribution is 5.95. The van der Waals surface area contributed by atoms with Crippen LogP contribution in [0.2, 0.25) is 0 Å². The van der Waals surface area contributed by atoms with Crippen LogP contribution in [0.1, 0.15) is 11.1 Å². The second kappa shape index (κ2) is 6.42. The summed E-state index contributed by atoms with van der Waals surface area (Å²) in [5.41, 5.74) is 17.6. The molecule has 4 aromatic rings. The van der Waals surface area contributed by atoms with Crippen LogP contribution in [0.4, 0.5) is 0 Å². The van der Waals surface area contributed by atoms with E-state index in [1.807, 2.05) is 60.7 Å². The van der Waals surface area contributed by atoms with Gasteiger partial charge in [0.15, 0.2) is 0 Å². The van der Waals surface area contributed by atoms with Crippen LogP contribution in [0.5, 0.6) is 0 Å². The molecule has 0 saturated heterocycles. The largest absolute Gasteiger partial charge is 0.384 e. The van der Waals surface area contributed by atoms with Gasteiger partial charge in [-0.2, -0.15) is 0 Å². The average Bonchev–Trinajstić information content (AvgIpc) is 3.11. The van der Waals surface area contributed by atoms with E-state index in [0.717, 1.165) is 39.1 Å². The summed E-state index contributed by atoms with van der Waals surface area (Å²) < 4.78 is 0. The van der Waals surface area contributed by atoms with E-state index in [1.54, 1.807) is 0 Å². The lowest BCUT2D eigenvalue weighted by Gasteiger charge is -2.03. The number of nitrogens with two attached hydrogens (primary N) is 3. The Morgan fingerprint density at radius 3 is 2.04 bits per heavy atom. The van der Waals surface area contributed by atoms with Crippen LogP contribution in [-0.2, 0) is 0 Å². The number of amidine groups is 2. The molecule has 3 aromatic carbocycles. The maximum absolute atomic E-state index is 7.49. The molecule has 8 N–H and O–H groups in total. The fourth-order valence-electron chi connectivity index (χ4n) is 2.99. The van der Waals surface area contributed by atoms with Crippen LogP contribution < -0.4 is 16.9 Å². The minimum atomic E-state index is 0.0650. The Kier molecular flexibility index (Phi) is 3.93. The van der Waals surface area contributed by atoms with Gasteiger partial charge in [-0.3, -0.25) is 16.6 Å². The molecule has 0 atom stereocenters. The van der Waals surface area contributed by atoms with Gasteiger partial charge in [0, 0.05) is 11.1 Å². The van der Waals surface area contributed by atoms with Crippen molar-refractivity contribution in [3.05, 3.63) is 77.9 Å². The Balaban J connectivity index is 1.69. The fourth-order valence-corrected chi connectivity index (χ4v) is 2.99. The summed E-state index contributed by atoms with van der Waals surface area (Å²) in [7, 11) is 0. The van der Waals surface area contributed by atoms with Crippen LogP contribution in [0.3, 0.4) is 0 Å². The minimum Gasteiger partial charge on any atom is -0.384 e. The molecule has 1 aromatic heterocycles. The topological polar surface area (TPSA) is 130 Å². The molecule has 6 heteroatoms. The zero-order valence-corrected chi connectivity index (χ0v) is 14.5. The van der Waals surface area contributed by atoms with E-state index in [2.05, 4.69) is 16.0 Å². The lowest BCUT2D eigenvalue weighted by molar-refractivity contribution is -0.114. The van der Waals surface area contributed by atoms with Crippen molar-refractivity contribution in [3.8, 4) is 22.5 Å². The third-order valence-corrected chi connectivity index (χ3v) is 4.50. The molecule has 27 heavy (non-hydrogen) atoms. The van der Waals surface area contributed by atoms with E-state index >= 15 is 0 Å². The molecular weight excluding hydrogens is 336 g/mol. The molecule has 4 rings (SSSR count). The van der Waals surface area contributed by atoms with E-state index in [4.69, 9.17) is 22.3 Å². The highest BCUT2D eigenvalue weighted by atomic mass is 14.9. The number of benzene rings is 3.